The molecule has 12 heavy (non-hydrogen) atoms. The molecule has 0 unspecified atom stereocenters. The number of nitriles is 1. The number of rotatable bonds is 1. The SMILES string of the molecule is C[C@H]1C[C@@H]1c1cncc(C#N)c1. The molecular formula is C10H10N2. The van der Waals surface area contributed by atoms with Gasteiger partial charge in [-0.15, -0.1) is 0 Å². The van der Waals surface area contributed by atoms with Gasteiger partial charge in [-0.2, -0.15) is 5.26 Å². The van der Waals surface area contributed by atoms with Crippen molar-refractivity contribution in [2.24, 2.45) is 5.92 Å². The van der Waals surface area contributed by atoms with Gasteiger partial charge in [-0.05, 0) is 29.9 Å². The molecule has 2 heteroatoms. The third-order valence-corrected chi connectivity index (χ3v) is 2.43. The maximum Gasteiger partial charge on any atom is 0.101 e. The normalized spacial score (nSPS) is 26.3. The maximum atomic E-state index is 8.64. The van der Waals surface area contributed by atoms with E-state index < -0.39 is 0 Å². The van der Waals surface area contributed by atoms with E-state index in [1.165, 1.54) is 12.0 Å². The minimum Gasteiger partial charge on any atom is -0.263 e. The highest BCUT2D eigenvalue weighted by Gasteiger charge is 2.34. The number of aromatic nitrogens is 1. The summed E-state index contributed by atoms with van der Waals surface area (Å²) in [5.41, 5.74) is 1.90. The summed E-state index contributed by atoms with van der Waals surface area (Å²) in [6, 6.07) is 4.05. The predicted octanol–water partition coefficient (Wildman–Crippen LogP) is 2.08. The Balaban J connectivity index is 2.29. The molecule has 1 fully saturated rings. The zero-order chi connectivity index (χ0) is 8.55. The van der Waals surface area contributed by atoms with Crippen LogP contribution in [0, 0.1) is 17.2 Å². The lowest BCUT2D eigenvalue weighted by Gasteiger charge is -1.96. The van der Waals surface area contributed by atoms with E-state index in [0.29, 0.717) is 11.5 Å². The summed E-state index contributed by atoms with van der Waals surface area (Å²) in [6.07, 6.45) is 4.72. The van der Waals surface area contributed by atoms with Crippen LogP contribution in [0.1, 0.15) is 30.4 Å². The second kappa shape index (κ2) is 2.60. The molecule has 1 saturated carbocycles. The summed E-state index contributed by atoms with van der Waals surface area (Å²) < 4.78 is 0. The first-order chi connectivity index (χ1) is 5.81. The monoisotopic (exact) mass is 158 g/mol. The Morgan fingerprint density at radius 2 is 2.33 bits per heavy atom. The quantitative estimate of drug-likeness (QED) is 0.627. The van der Waals surface area contributed by atoms with Crippen molar-refractivity contribution in [3.8, 4) is 6.07 Å². The fraction of sp³-hybridized carbons (Fsp3) is 0.400. The van der Waals surface area contributed by atoms with Crippen LogP contribution in [-0.4, -0.2) is 4.98 Å². The molecule has 0 saturated heterocycles. The molecule has 1 aromatic rings. The first-order valence-corrected chi connectivity index (χ1v) is 4.16. The smallest absolute Gasteiger partial charge is 0.101 e. The minimum atomic E-state index is 0.658. The topological polar surface area (TPSA) is 36.7 Å². The lowest BCUT2D eigenvalue weighted by molar-refractivity contribution is 0.908. The number of nitrogens with zero attached hydrogens (tertiary/aromatic N) is 2. The van der Waals surface area contributed by atoms with Crippen molar-refractivity contribution in [2.45, 2.75) is 19.3 Å². The van der Waals surface area contributed by atoms with E-state index in [1.54, 1.807) is 6.20 Å². The molecule has 1 aromatic heterocycles. The Morgan fingerprint density at radius 1 is 1.58 bits per heavy atom. The molecule has 0 aromatic carbocycles. The molecule has 0 spiro atoms. The Morgan fingerprint density at radius 3 is 2.92 bits per heavy atom. The molecule has 1 aliphatic rings. The summed E-state index contributed by atoms with van der Waals surface area (Å²) >= 11 is 0. The van der Waals surface area contributed by atoms with Crippen molar-refractivity contribution in [2.75, 3.05) is 0 Å². The van der Waals surface area contributed by atoms with Crippen molar-refractivity contribution in [3.05, 3.63) is 29.6 Å². The Hall–Kier alpha value is -1.36. The van der Waals surface area contributed by atoms with Crippen LogP contribution in [-0.2, 0) is 0 Å². The minimum absolute atomic E-state index is 0.658. The number of hydrogen-bond acceptors (Lipinski definition) is 2. The Kier molecular flexibility index (Phi) is 1.58. The van der Waals surface area contributed by atoms with Gasteiger partial charge in [0.15, 0.2) is 0 Å². The highest BCUT2D eigenvalue weighted by molar-refractivity contribution is 5.33. The molecule has 2 nitrogen and oxygen atoms in total. The molecular weight excluding hydrogens is 148 g/mol. The molecule has 0 aliphatic heterocycles. The Bertz CT molecular complexity index is 338. The van der Waals surface area contributed by atoms with Crippen molar-refractivity contribution in [1.29, 1.82) is 5.26 Å². The summed E-state index contributed by atoms with van der Waals surface area (Å²) in [6.45, 7) is 2.23. The second-order valence-electron chi connectivity index (χ2n) is 3.44. The van der Waals surface area contributed by atoms with Crippen LogP contribution in [0.5, 0.6) is 0 Å². The third kappa shape index (κ3) is 1.18. The van der Waals surface area contributed by atoms with Crippen molar-refractivity contribution in [1.82, 2.24) is 4.98 Å². The van der Waals surface area contributed by atoms with E-state index in [-0.39, 0.29) is 0 Å². The summed E-state index contributed by atoms with van der Waals surface area (Å²) in [5, 5.41) is 8.64. The lowest BCUT2D eigenvalue weighted by Crippen LogP contribution is -1.85. The van der Waals surface area contributed by atoms with Gasteiger partial charge in [0.1, 0.15) is 6.07 Å². The Labute approximate surface area is 71.9 Å². The van der Waals surface area contributed by atoms with Crippen LogP contribution in [0.2, 0.25) is 0 Å². The molecule has 1 heterocycles. The average molecular weight is 158 g/mol. The van der Waals surface area contributed by atoms with Gasteiger partial charge in [-0.3, -0.25) is 4.98 Å². The lowest BCUT2D eigenvalue weighted by atomic mass is 10.1. The van der Waals surface area contributed by atoms with Crippen LogP contribution in [0.15, 0.2) is 18.5 Å². The van der Waals surface area contributed by atoms with Gasteiger partial charge in [0.25, 0.3) is 0 Å². The fourth-order valence-corrected chi connectivity index (χ4v) is 1.51. The second-order valence-corrected chi connectivity index (χ2v) is 3.44. The van der Waals surface area contributed by atoms with Gasteiger partial charge in [-0.1, -0.05) is 6.92 Å². The molecule has 1 aliphatic carbocycles. The van der Waals surface area contributed by atoms with Crippen LogP contribution >= 0.6 is 0 Å². The predicted molar refractivity (Wildman–Crippen MR) is 45.5 cm³/mol. The van der Waals surface area contributed by atoms with Crippen LogP contribution in [0.3, 0.4) is 0 Å². The molecule has 60 valence electrons. The van der Waals surface area contributed by atoms with Crippen LogP contribution in [0.25, 0.3) is 0 Å². The van der Waals surface area contributed by atoms with Crippen LogP contribution < -0.4 is 0 Å². The van der Waals surface area contributed by atoms with E-state index in [0.717, 1.165) is 5.92 Å². The van der Waals surface area contributed by atoms with Gasteiger partial charge >= 0.3 is 0 Å². The summed E-state index contributed by atoms with van der Waals surface area (Å²) in [4.78, 5) is 4.03. The highest BCUT2D eigenvalue weighted by Crippen LogP contribution is 2.46. The average Bonchev–Trinajstić information content (AvgIpc) is 2.83. The standard InChI is InChI=1S/C10H10N2/c1-7-2-10(7)9-3-8(4-11)5-12-6-9/h3,5-7,10H,2H2,1H3/t7-,10-/m0/s1. The molecule has 0 bridgehead atoms. The van der Waals surface area contributed by atoms with E-state index in [2.05, 4.69) is 18.0 Å². The third-order valence-electron chi connectivity index (χ3n) is 2.43. The first-order valence-electron chi connectivity index (χ1n) is 4.16. The van der Waals surface area contributed by atoms with Gasteiger partial charge in [-0.25, -0.2) is 0 Å². The first kappa shape index (κ1) is 7.30. The largest absolute Gasteiger partial charge is 0.263 e. The van der Waals surface area contributed by atoms with E-state index in [9.17, 15) is 0 Å². The molecule has 2 atom stereocenters. The van der Waals surface area contributed by atoms with Gasteiger partial charge in [0.2, 0.25) is 0 Å². The summed E-state index contributed by atoms with van der Waals surface area (Å²) in [5.74, 6) is 1.44. The van der Waals surface area contributed by atoms with Crippen molar-refractivity contribution < 1.29 is 0 Å². The molecule has 0 amide bonds. The zero-order valence-electron chi connectivity index (χ0n) is 6.99. The number of hydrogen-bond donors (Lipinski definition) is 0. The van der Waals surface area contributed by atoms with E-state index in [4.69, 9.17) is 5.26 Å². The maximum absolute atomic E-state index is 8.64. The zero-order valence-corrected chi connectivity index (χ0v) is 6.99. The number of pyridine rings is 1. The van der Waals surface area contributed by atoms with Gasteiger partial charge < -0.3 is 0 Å². The van der Waals surface area contributed by atoms with Crippen molar-refractivity contribution in [3.63, 3.8) is 0 Å². The van der Waals surface area contributed by atoms with Gasteiger partial charge in [0, 0.05) is 12.4 Å². The summed E-state index contributed by atoms with van der Waals surface area (Å²) in [7, 11) is 0. The molecule has 2 rings (SSSR count). The van der Waals surface area contributed by atoms with E-state index >= 15 is 0 Å². The fourth-order valence-electron chi connectivity index (χ4n) is 1.51. The molecule has 0 N–H and O–H groups in total. The van der Waals surface area contributed by atoms with E-state index in [1.807, 2.05) is 12.3 Å². The highest BCUT2D eigenvalue weighted by atomic mass is 14.6. The van der Waals surface area contributed by atoms with Crippen LogP contribution in [0.4, 0.5) is 0 Å². The van der Waals surface area contributed by atoms with Crippen molar-refractivity contribution >= 4 is 0 Å². The van der Waals surface area contributed by atoms with Gasteiger partial charge in [0.05, 0.1) is 5.56 Å². The molecule has 0 radical (unpaired) electrons.